The molecule has 4 rings (SSSR count). The molecule has 0 fully saturated rings. The highest BCUT2D eigenvalue weighted by Gasteiger charge is 2.14. The number of hydrogen-bond donors (Lipinski definition) is 2. The van der Waals surface area contributed by atoms with E-state index in [9.17, 15) is 9.90 Å². The van der Waals surface area contributed by atoms with Gasteiger partial charge in [0.05, 0.1) is 0 Å². The Labute approximate surface area is 135 Å². The minimum Gasteiger partial charge on any atom is -0.507 e. The van der Waals surface area contributed by atoms with Crippen molar-refractivity contribution in [3.05, 3.63) is 59.4 Å². The Kier molecular flexibility index (Phi) is 3.06. The van der Waals surface area contributed by atoms with E-state index < -0.39 is 0 Å². The largest absolute Gasteiger partial charge is 0.507 e. The number of phenols is 1. The summed E-state index contributed by atoms with van der Waals surface area (Å²) in [5.41, 5.74) is 1.02. The predicted molar refractivity (Wildman–Crippen MR) is 91.4 cm³/mol. The highest BCUT2D eigenvalue weighted by atomic mass is 32.1. The number of imidazole rings is 1. The van der Waals surface area contributed by atoms with Gasteiger partial charge in [0, 0.05) is 33.7 Å². The number of anilines is 1. The zero-order valence-electron chi connectivity index (χ0n) is 12.3. The number of aryl methyl sites for hydroxylation is 1. The Balaban J connectivity index is 1.71. The van der Waals surface area contributed by atoms with Gasteiger partial charge in [-0.2, -0.15) is 0 Å². The number of benzene rings is 2. The Hall–Kier alpha value is -2.86. The maximum absolute atomic E-state index is 12.5. The van der Waals surface area contributed by atoms with Crippen LogP contribution in [0, 0.1) is 6.92 Å². The Morgan fingerprint density at radius 2 is 1.96 bits per heavy atom. The molecule has 114 valence electrons. The van der Waals surface area contributed by atoms with Crippen molar-refractivity contribution in [2.45, 2.75) is 6.92 Å². The molecule has 6 heteroatoms. The van der Waals surface area contributed by atoms with Crippen molar-refractivity contribution in [2.24, 2.45) is 0 Å². The van der Waals surface area contributed by atoms with Crippen LogP contribution in [-0.2, 0) is 0 Å². The van der Waals surface area contributed by atoms with Crippen molar-refractivity contribution in [1.29, 1.82) is 0 Å². The number of hydrogen-bond acceptors (Lipinski definition) is 4. The molecule has 1 amide bonds. The number of phenolic OH excluding ortho intramolecular Hbond substituents is 1. The van der Waals surface area contributed by atoms with Crippen molar-refractivity contribution in [3.63, 3.8) is 0 Å². The zero-order valence-corrected chi connectivity index (χ0v) is 13.1. The normalized spacial score (nSPS) is 11.2. The lowest BCUT2D eigenvalue weighted by Crippen LogP contribution is -2.12. The number of aromatic nitrogens is 2. The highest BCUT2D eigenvalue weighted by molar-refractivity contribution is 7.17. The third kappa shape index (κ3) is 2.33. The first-order valence-electron chi connectivity index (χ1n) is 7.09. The fourth-order valence-corrected chi connectivity index (χ4v) is 3.42. The van der Waals surface area contributed by atoms with E-state index >= 15 is 0 Å². The Bertz CT molecular complexity index is 1020. The lowest BCUT2D eigenvalue weighted by molar-refractivity contribution is 0.102. The third-order valence-corrected chi connectivity index (χ3v) is 4.56. The first-order chi connectivity index (χ1) is 11.1. The molecule has 2 aromatic carbocycles. The van der Waals surface area contributed by atoms with E-state index in [1.807, 2.05) is 35.7 Å². The first-order valence-corrected chi connectivity index (χ1v) is 7.91. The summed E-state index contributed by atoms with van der Waals surface area (Å²) in [6, 6.07) is 10.7. The molecule has 4 aromatic rings. The minimum atomic E-state index is -0.269. The fraction of sp³-hybridized carbons (Fsp3) is 0.0588. The van der Waals surface area contributed by atoms with Gasteiger partial charge in [-0.15, -0.1) is 11.3 Å². The van der Waals surface area contributed by atoms with Gasteiger partial charge >= 0.3 is 0 Å². The number of carbonyl (C=O) groups is 1. The molecule has 0 radical (unpaired) electrons. The van der Waals surface area contributed by atoms with Crippen LogP contribution in [0.2, 0.25) is 0 Å². The van der Waals surface area contributed by atoms with E-state index in [1.54, 1.807) is 24.4 Å². The Morgan fingerprint density at radius 3 is 2.78 bits per heavy atom. The lowest BCUT2D eigenvalue weighted by Gasteiger charge is -2.08. The standard InChI is InChI=1S/C17H13N3O2S/c1-10-8-20-9-14(19-17(20)23-10)16(22)18-13-6-2-5-12-11(13)4-3-7-15(12)21/h2-9,21H,1H3,(H,18,22). The number of amides is 1. The van der Waals surface area contributed by atoms with Gasteiger partial charge in [-0.25, -0.2) is 4.98 Å². The van der Waals surface area contributed by atoms with Crippen molar-refractivity contribution in [2.75, 3.05) is 5.32 Å². The topological polar surface area (TPSA) is 66.6 Å². The molecule has 0 bridgehead atoms. The fourth-order valence-electron chi connectivity index (χ4n) is 2.61. The maximum atomic E-state index is 12.5. The van der Waals surface area contributed by atoms with Crippen molar-refractivity contribution < 1.29 is 9.90 Å². The van der Waals surface area contributed by atoms with Crippen LogP contribution >= 0.6 is 11.3 Å². The SMILES string of the molecule is Cc1cn2cc(C(=O)Nc3cccc4c(O)cccc34)nc2s1. The molecule has 2 heterocycles. The molecule has 2 aromatic heterocycles. The molecule has 2 N–H and O–H groups in total. The van der Waals surface area contributed by atoms with Gasteiger partial charge in [-0.1, -0.05) is 24.3 Å². The van der Waals surface area contributed by atoms with E-state index in [0.717, 1.165) is 15.2 Å². The molecule has 0 saturated carbocycles. The molecule has 0 atom stereocenters. The second-order valence-electron chi connectivity index (χ2n) is 5.29. The van der Waals surface area contributed by atoms with Crippen LogP contribution in [0.5, 0.6) is 5.75 Å². The molecular weight excluding hydrogens is 310 g/mol. The quantitative estimate of drug-likeness (QED) is 0.589. The van der Waals surface area contributed by atoms with Crippen molar-refractivity contribution in [3.8, 4) is 5.75 Å². The van der Waals surface area contributed by atoms with Crippen LogP contribution in [0.1, 0.15) is 15.4 Å². The maximum Gasteiger partial charge on any atom is 0.275 e. The second kappa shape index (κ2) is 5.10. The predicted octanol–water partition coefficient (Wildman–Crippen LogP) is 3.82. The minimum absolute atomic E-state index is 0.191. The number of carbonyl (C=O) groups excluding carboxylic acids is 1. The number of aromatic hydroxyl groups is 1. The monoisotopic (exact) mass is 323 g/mol. The molecule has 0 aliphatic rings. The first kappa shape index (κ1) is 13.8. The lowest BCUT2D eigenvalue weighted by atomic mass is 10.1. The van der Waals surface area contributed by atoms with Crippen molar-refractivity contribution >= 4 is 38.7 Å². The smallest absolute Gasteiger partial charge is 0.275 e. The number of fused-ring (bicyclic) bond motifs is 2. The molecule has 0 aliphatic carbocycles. The summed E-state index contributed by atoms with van der Waals surface area (Å²) >= 11 is 1.54. The van der Waals surface area contributed by atoms with E-state index in [1.165, 1.54) is 11.3 Å². The van der Waals surface area contributed by atoms with Gasteiger partial charge in [0.15, 0.2) is 4.96 Å². The van der Waals surface area contributed by atoms with Gasteiger partial charge in [0.25, 0.3) is 5.91 Å². The summed E-state index contributed by atoms with van der Waals surface area (Å²) in [5.74, 6) is -0.0778. The van der Waals surface area contributed by atoms with Crippen LogP contribution in [0.15, 0.2) is 48.8 Å². The molecule has 5 nitrogen and oxygen atoms in total. The summed E-state index contributed by atoms with van der Waals surface area (Å²) < 4.78 is 1.85. The van der Waals surface area contributed by atoms with Crippen LogP contribution in [0.3, 0.4) is 0 Å². The zero-order chi connectivity index (χ0) is 16.0. The van der Waals surface area contributed by atoms with Gasteiger partial charge < -0.3 is 10.4 Å². The Morgan fingerprint density at radius 1 is 1.17 bits per heavy atom. The van der Waals surface area contributed by atoms with Crippen LogP contribution < -0.4 is 5.32 Å². The molecule has 0 spiro atoms. The van der Waals surface area contributed by atoms with E-state index in [-0.39, 0.29) is 11.7 Å². The van der Waals surface area contributed by atoms with Crippen LogP contribution in [0.4, 0.5) is 5.69 Å². The summed E-state index contributed by atoms with van der Waals surface area (Å²) in [5, 5.41) is 14.3. The summed E-state index contributed by atoms with van der Waals surface area (Å²) in [6.45, 7) is 2.00. The summed E-state index contributed by atoms with van der Waals surface area (Å²) in [7, 11) is 0. The van der Waals surface area contributed by atoms with Gasteiger partial charge in [0.2, 0.25) is 0 Å². The average molecular weight is 323 g/mol. The number of thiazole rings is 1. The molecule has 0 saturated heterocycles. The van der Waals surface area contributed by atoms with Gasteiger partial charge in [-0.05, 0) is 19.1 Å². The molecular formula is C17H13N3O2S. The van der Waals surface area contributed by atoms with Crippen molar-refractivity contribution in [1.82, 2.24) is 9.38 Å². The molecule has 23 heavy (non-hydrogen) atoms. The van der Waals surface area contributed by atoms with E-state index in [4.69, 9.17) is 0 Å². The summed E-state index contributed by atoms with van der Waals surface area (Å²) in [4.78, 5) is 18.7. The van der Waals surface area contributed by atoms with Gasteiger partial charge in [-0.3, -0.25) is 9.20 Å². The van der Waals surface area contributed by atoms with E-state index in [0.29, 0.717) is 16.8 Å². The summed E-state index contributed by atoms with van der Waals surface area (Å²) in [6.07, 6.45) is 3.66. The third-order valence-electron chi connectivity index (χ3n) is 3.65. The van der Waals surface area contributed by atoms with Crippen LogP contribution in [0.25, 0.3) is 15.7 Å². The second-order valence-corrected chi connectivity index (χ2v) is 6.50. The van der Waals surface area contributed by atoms with Crippen LogP contribution in [-0.4, -0.2) is 20.4 Å². The highest BCUT2D eigenvalue weighted by Crippen LogP contribution is 2.30. The van der Waals surface area contributed by atoms with E-state index in [2.05, 4.69) is 10.3 Å². The molecule has 0 aliphatic heterocycles. The number of nitrogens with zero attached hydrogens (tertiary/aromatic N) is 2. The number of rotatable bonds is 2. The average Bonchev–Trinajstić information content (AvgIpc) is 3.05. The number of nitrogens with one attached hydrogen (secondary N) is 1. The van der Waals surface area contributed by atoms with Gasteiger partial charge in [0.1, 0.15) is 11.4 Å². The molecule has 0 unspecified atom stereocenters.